The molecule has 1 aliphatic rings. The van der Waals surface area contributed by atoms with E-state index in [1.807, 2.05) is 6.07 Å². The Balaban J connectivity index is 2.09. The highest BCUT2D eigenvalue weighted by atomic mass is 15.3. The van der Waals surface area contributed by atoms with Gasteiger partial charge in [-0.3, -0.25) is 0 Å². The minimum atomic E-state index is 0.612. The number of rotatable bonds is 4. The molecule has 0 bridgehead atoms. The molecule has 0 aliphatic heterocycles. The fraction of sp³-hybridized carbons (Fsp3) is 0.600. The lowest BCUT2D eigenvalue weighted by Crippen LogP contribution is -2.43. The molecular weight excluding hydrogens is 176 g/mol. The molecule has 76 valence electrons. The van der Waals surface area contributed by atoms with Gasteiger partial charge in [-0.15, -0.1) is 0 Å². The van der Waals surface area contributed by atoms with Crippen LogP contribution in [0.3, 0.4) is 0 Å². The predicted octanol–water partition coefficient (Wildman–Crippen LogP) is 0.794. The van der Waals surface area contributed by atoms with Gasteiger partial charge < -0.3 is 10.6 Å². The summed E-state index contributed by atoms with van der Waals surface area (Å²) in [7, 11) is 0. The summed E-state index contributed by atoms with van der Waals surface area (Å²) in [5.74, 6) is 0.822. The average Bonchev–Trinajstić information content (AvgIpc) is 2.16. The summed E-state index contributed by atoms with van der Waals surface area (Å²) < 4.78 is 0. The normalized spacial score (nSPS) is 16.4. The van der Waals surface area contributed by atoms with Crippen LogP contribution in [0.1, 0.15) is 19.3 Å². The van der Waals surface area contributed by atoms with Crippen molar-refractivity contribution >= 4 is 5.95 Å². The van der Waals surface area contributed by atoms with Crippen molar-refractivity contribution < 1.29 is 0 Å². The molecule has 1 fully saturated rings. The third-order valence-electron chi connectivity index (χ3n) is 2.69. The summed E-state index contributed by atoms with van der Waals surface area (Å²) in [6.45, 7) is 1.52. The number of anilines is 1. The molecule has 0 aromatic carbocycles. The monoisotopic (exact) mass is 192 g/mol. The molecule has 1 saturated carbocycles. The van der Waals surface area contributed by atoms with E-state index in [1.165, 1.54) is 19.3 Å². The second-order valence-electron chi connectivity index (χ2n) is 3.62. The van der Waals surface area contributed by atoms with Crippen LogP contribution in [0.15, 0.2) is 18.5 Å². The van der Waals surface area contributed by atoms with E-state index in [0.717, 1.165) is 12.5 Å². The summed E-state index contributed by atoms with van der Waals surface area (Å²) in [6.07, 6.45) is 7.38. The Hall–Kier alpha value is -1.16. The summed E-state index contributed by atoms with van der Waals surface area (Å²) >= 11 is 0. The van der Waals surface area contributed by atoms with Gasteiger partial charge in [0.1, 0.15) is 0 Å². The number of hydrogen-bond acceptors (Lipinski definition) is 4. The predicted molar refractivity (Wildman–Crippen MR) is 56.1 cm³/mol. The Morgan fingerprint density at radius 3 is 2.57 bits per heavy atom. The average molecular weight is 192 g/mol. The van der Waals surface area contributed by atoms with Crippen molar-refractivity contribution in [1.29, 1.82) is 0 Å². The quantitative estimate of drug-likeness (QED) is 0.766. The van der Waals surface area contributed by atoms with Crippen molar-refractivity contribution in [3.05, 3.63) is 18.5 Å². The van der Waals surface area contributed by atoms with Crippen LogP contribution < -0.4 is 10.6 Å². The lowest BCUT2D eigenvalue weighted by molar-refractivity contribution is 0.383. The number of nitrogens with zero attached hydrogens (tertiary/aromatic N) is 3. The van der Waals surface area contributed by atoms with Crippen molar-refractivity contribution in [2.45, 2.75) is 25.3 Å². The Morgan fingerprint density at radius 2 is 2.07 bits per heavy atom. The molecule has 2 N–H and O–H groups in total. The smallest absolute Gasteiger partial charge is 0.225 e. The van der Waals surface area contributed by atoms with Crippen LogP contribution in [0.25, 0.3) is 0 Å². The van der Waals surface area contributed by atoms with E-state index in [4.69, 9.17) is 5.73 Å². The number of hydrogen-bond donors (Lipinski definition) is 1. The van der Waals surface area contributed by atoms with E-state index in [9.17, 15) is 0 Å². The van der Waals surface area contributed by atoms with Crippen molar-refractivity contribution in [2.24, 2.45) is 5.73 Å². The lowest BCUT2D eigenvalue weighted by atomic mass is 9.92. The van der Waals surface area contributed by atoms with Crippen LogP contribution in [0, 0.1) is 0 Å². The third kappa shape index (κ3) is 1.85. The molecule has 1 aliphatic carbocycles. The molecule has 0 amide bonds. The summed E-state index contributed by atoms with van der Waals surface area (Å²) in [4.78, 5) is 10.7. The molecule has 1 aromatic heterocycles. The SMILES string of the molecule is NCCN(c1ncccn1)C1CCC1. The molecule has 0 saturated heterocycles. The van der Waals surface area contributed by atoms with E-state index in [1.54, 1.807) is 12.4 Å². The largest absolute Gasteiger partial charge is 0.337 e. The Kier molecular flexibility index (Phi) is 2.93. The van der Waals surface area contributed by atoms with E-state index in [2.05, 4.69) is 14.9 Å². The van der Waals surface area contributed by atoms with Gasteiger partial charge in [-0.1, -0.05) is 0 Å². The zero-order valence-electron chi connectivity index (χ0n) is 8.26. The van der Waals surface area contributed by atoms with Crippen LogP contribution in [-0.4, -0.2) is 29.1 Å². The zero-order chi connectivity index (χ0) is 9.80. The fourth-order valence-corrected chi connectivity index (χ4v) is 1.72. The van der Waals surface area contributed by atoms with Crippen LogP contribution in [0.4, 0.5) is 5.95 Å². The van der Waals surface area contributed by atoms with Crippen LogP contribution in [-0.2, 0) is 0 Å². The first kappa shape index (κ1) is 9.40. The van der Waals surface area contributed by atoms with Gasteiger partial charge >= 0.3 is 0 Å². The van der Waals surface area contributed by atoms with Gasteiger partial charge in [0.2, 0.25) is 5.95 Å². The second kappa shape index (κ2) is 4.37. The molecule has 4 nitrogen and oxygen atoms in total. The zero-order valence-corrected chi connectivity index (χ0v) is 8.26. The standard InChI is InChI=1S/C10H16N4/c11-5-8-14(9-3-1-4-9)10-12-6-2-7-13-10/h2,6-7,9H,1,3-5,8,11H2. The Bertz CT molecular complexity index is 271. The topological polar surface area (TPSA) is 55.0 Å². The first-order valence-corrected chi connectivity index (χ1v) is 5.15. The minimum absolute atomic E-state index is 0.612. The van der Waals surface area contributed by atoms with E-state index in [-0.39, 0.29) is 0 Å². The third-order valence-corrected chi connectivity index (χ3v) is 2.69. The van der Waals surface area contributed by atoms with Gasteiger partial charge in [0, 0.05) is 31.5 Å². The molecule has 1 aromatic rings. The van der Waals surface area contributed by atoms with Gasteiger partial charge in [-0.2, -0.15) is 0 Å². The summed E-state index contributed by atoms with van der Waals surface area (Å²) in [6, 6.07) is 2.45. The number of aromatic nitrogens is 2. The van der Waals surface area contributed by atoms with Crippen LogP contribution in [0.5, 0.6) is 0 Å². The molecule has 2 rings (SSSR count). The first-order valence-electron chi connectivity index (χ1n) is 5.15. The maximum Gasteiger partial charge on any atom is 0.225 e. The van der Waals surface area contributed by atoms with E-state index >= 15 is 0 Å². The fourth-order valence-electron chi connectivity index (χ4n) is 1.72. The van der Waals surface area contributed by atoms with E-state index in [0.29, 0.717) is 12.6 Å². The molecule has 0 unspecified atom stereocenters. The summed E-state index contributed by atoms with van der Waals surface area (Å²) in [5.41, 5.74) is 5.59. The highest BCUT2D eigenvalue weighted by molar-refractivity contribution is 5.31. The van der Waals surface area contributed by atoms with Gasteiger partial charge in [0.15, 0.2) is 0 Å². The first-order chi connectivity index (χ1) is 6.92. The van der Waals surface area contributed by atoms with Gasteiger partial charge in [-0.25, -0.2) is 9.97 Å². The van der Waals surface area contributed by atoms with Gasteiger partial charge in [0.25, 0.3) is 0 Å². The molecular formula is C10H16N4. The van der Waals surface area contributed by atoms with Crippen molar-refractivity contribution in [2.75, 3.05) is 18.0 Å². The highest BCUT2D eigenvalue weighted by Gasteiger charge is 2.25. The van der Waals surface area contributed by atoms with E-state index < -0.39 is 0 Å². The molecule has 0 radical (unpaired) electrons. The maximum atomic E-state index is 5.59. The molecule has 4 heteroatoms. The summed E-state index contributed by atoms with van der Waals surface area (Å²) in [5, 5.41) is 0. The second-order valence-corrected chi connectivity index (χ2v) is 3.62. The minimum Gasteiger partial charge on any atom is -0.337 e. The Morgan fingerprint density at radius 1 is 1.36 bits per heavy atom. The van der Waals surface area contributed by atoms with Crippen molar-refractivity contribution in [1.82, 2.24) is 9.97 Å². The lowest BCUT2D eigenvalue weighted by Gasteiger charge is -2.37. The molecule has 1 heterocycles. The Labute approximate surface area is 84.2 Å². The van der Waals surface area contributed by atoms with Crippen LogP contribution >= 0.6 is 0 Å². The van der Waals surface area contributed by atoms with Crippen LogP contribution in [0.2, 0.25) is 0 Å². The molecule has 14 heavy (non-hydrogen) atoms. The van der Waals surface area contributed by atoms with Crippen molar-refractivity contribution in [3.63, 3.8) is 0 Å². The maximum absolute atomic E-state index is 5.59. The molecule has 0 atom stereocenters. The van der Waals surface area contributed by atoms with Crippen molar-refractivity contribution in [3.8, 4) is 0 Å². The molecule has 0 spiro atoms. The van der Waals surface area contributed by atoms with Gasteiger partial charge in [-0.05, 0) is 25.3 Å². The highest BCUT2D eigenvalue weighted by Crippen LogP contribution is 2.26. The number of nitrogens with two attached hydrogens (primary N) is 1. The van der Waals surface area contributed by atoms with Gasteiger partial charge in [0.05, 0.1) is 0 Å².